The molecule has 0 aromatic heterocycles. The Bertz CT molecular complexity index is 284. The van der Waals surface area contributed by atoms with Gasteiger partial charge in [-0.15, -0.1) is 0 Å². The quantitative estimate of drug-likeness (QED) is 0.516. The standard InChI is InChI=1S/C9H10FN3/c1-2-13(12-11-10)8-9-6-4-3-5-7-9/h2-7H,1,8H2/b12-11-. The first kappa shape index (κ1) is 9.38. The van der Waals surface area contributed by atoms with Crippen LogP contribution in [-0.4, -0.2) is 5.01 Å². The third kappa shape index (κ3) is 3.02. The molecule has 1 aromatic rings. The molecule has 0 saturated heterocycles. The second-order valence-corrected chi connectivity index (χ2v) is 2.43. The summed E-state index contributed by atoms with van der Waals surface area (Å²) >= 11 is 0. The Labute approximate surface area is 76.1 Å². The van der Waals surface area contributed by atoms with Gasteiger partial charge in [-0.05, 0) is 10.8 Å². The van der Waals surface area contributed by atoms with Crippen molar-refractivity contribution in [3.63, 3.8) is 0 Å². The maximum atomic E-state index is 11.5. The first-order chi connectivity index (χ1) is 6.36. The molecule has 1 aromatic carbocycles. The number of hydrogen-bond donors (Lipinski definition) is 0. The highest BCUT2D eigenvalue weighted by Crippen LogP contribution is 2.04. The molecule has 0 bridgehead atoms. The molecule has 0 spiro atoms. The average Bonchev–Trinajstić information content (AvgIpc) is 2.19. The first-order valence-electron chi connectivity index (χ1n) is 3.82. The van der Waals surface area contributed by atoms with Crippen molar-refractivity contribution in [2.75, 3.05) is 0 Å². The van der Waals surface area contributed by atoms with Crippen LogP contribution in [0.3, 0.4) is 0 Å². The molecule has 0 unspecified atom stereocenters. The van der Waals surface area contributed by atoms with Gasteiger partial charge in [-0.25, -0.2) is 5.01 Å². The minimum Gasteiger partial charge on any atom is -0.248 e. The zero-order valence-corrected chi connectivity index (χ0v) is 7.10. The van der Waals surface area contributed by atoms with E-state index in [2.05, 4.69) is 17.1 Å². The Morgan fingerprint density at radius 2 is 2.08 bits per heavy atom. The molecule has 0 amide bonds. The van der Waals surface area contributed by atoms with Gasteiger partial charge in [0.05, 0.1) is 6.54 Å². The van der Waals surface area contributed by atoms with Crippen LogP contribution in [0.15, 0.2) is 53.7 Å². The molecule has 0 aliphatic heterocycles. The maximum Gasteiger partial charge on any atom is 0.0677 e. The lowest BCUT2D eigenvalue weighted by Crippen LogP contribution is -2.07. The zero-order chi connectivity index (χ0) is 9.52. The minimum atomic E-state index is 0.470. The second kappa shape index (κ2) is 5.03. The van der Waals surface area contributed by atoms with Gasteiger partial charge in [0.25, 0.3) is 0 Å². The largest absolute Gasteiger partial charge is 0.248 e. The molecule has 0 aliphatic rings. The molecule has 0 aliphatic carbocycles. The average molecular weight is 179 g/mol. The summed E-state index contributed by atoms with van der Waals surface area (Å²) < 4.78 is 11.5. The Hall–Kier alpha value is -1.71. The van der Waals surface area contributed by atoms with Crippen molar-refractivity contribution >= 4 is 0 Å². The minimum absolute atomic E-state index is 0.470. The lowest BCUT2D eigenvalue weighted by atomic mass is 10.2. The lowest BCUT2D eigenvalue weighted by Gasteiger charge is -2.10. The summed E-state index contributed by atoms with van der Waals surface area (Å²) in [6.45, 7) is 3.95. The van der Waals surface area contributed by atoms with Crippen LogP contribution in [0.1, 0.15) is 5.56 Å². The van der Waals surface area contributed by atoms with E-state index in [0.717, 1.165) is 5.56 Å². The normalized spacial score (nSPS) is 10.2. The summed E-state index contributed by atoms with van der Waals surface area (Å²) in [6, 6.07) is 9.57. The summed E-state index contributed by atoms with van der Waals surface area (Å²) in [5.74, 6) is 0. The van der Waals surface area contributed by atoms with Crippen molar-refractivity contribution in [2.24, 2.45) is 10.6 Å². The highest BCUT2D eigenvalue weighted by molar-refractivity contribution is 5.14. The molecular weight excluding hydrogens is 169 g/mol. The fourth-order valence-corrected chi connectivity index (χ4v) is 0.947. The van der Waals surface area contributed by atoms with Crippen LogP contribution in [0.2, 0.25) is 0 Å². The van der Waals surface area contributed by atoms with Crippen LogP contribution in [0.25, 0.3) is 0 Å². The van der Waals surface area contributed by atoms with E-state index in [1.807, 2.05) is 30.3 Å². The van der Waals surface area contributed by atoms with Gasteiger partial charge < -0.3 is 0 Å². The molecule has 0 fully saturated rings. The van der Waals surface area contributed by atoms with Gasteiger partial charge in [0.1, 0.15) is 0 Å². The third-order valence-corrected chi connectivity index (χ3v) is 1.55. The summed E-state index contributed by atoms with van der Waals surface area (Å²) in [4.78, 5) is 0. The first-order valence-corrected chi connectivity index (χ1v) is 3.82. The monoisotopic (exact) mass is 179 g/mol. The number of hydrogen-bond acceptors (Lipinski definition) is 2. The predicted molar refractivity (Wildman–Crippen MR) is 48.1 cm³/mol. The van der Waals surface area contributed by atoms with E-state index in [1.165, 1.54) is 11.2 Å². The Morgan fingerprint density at radius 1 is 1.38 bits per heavy atom. The van der Waals surface area contributed by atoms with E-state index in [-0.39, 0.29) is 0 Å². The number of nitrogens with zero attached hydrogens (tertiary/aromatic N) is 3. The molecule has 13 heavy (non-hydrogen) atoms. The lowest BCUT2D eigenvalue weighted by molar-refractivity contribution is 0.311. The molecule has 0 heterocycles. The Balaban J connectivity index is 2.62. The highest BCUT2D eigenvalue weighted by Gasteiger charge is 1.97. The van der Waals surface area contributed by atoms with E-state index >= 15 is 0 Å². The van der Waals surface area contributed by atoms with Gasteiger partial charge in [-0.1, -0.05) is 41.4 Å². The zero-order valence-electron chi connectivity index (χ0n) is 7.10. The number of halogens is 1. The molecule has 4 heteroatoms. The van der Waals surface area contributed by atoms with Crippen LogP contribution in [0, 0.1) is 0 Å². The van der Waals surface area contributed by atoms with Crippen LogP contribution in [0.4, 0.5) is 4.48 Å². The maximum absolute atomic E-state index is 11.5. The second-order valence-electron chi connectivity index (χ2n) is 2.43. The van der Waals surface area contributed by atoms with Crippen molar-refractivity contribution in [3.05, 3.63) is 48.7 Å². The highest BCUT2D eigenvalue weighted by atomic mass is 19.2. The van der Waals surface area contributed by atoms with E-state index in [1.54, 1.807) is 0 Å². The predicted octanol–water partition coefficient (Wildman–Crippen LogP) is 2.88. The van der Waals surface area contributed by atoms with Gasteiger partial charge >= 0.3 is 0 Å². The van der Waals surface area contributed by atoms with Crippen molar-refractivity contribution in [1.82, 2.24) is 5.01 Å². The smallest absolute Gasteiger partial charge is 0.0677 e. The number of rotatable bonds is 4. The van der Waals surface area contributed by atoms with E-state index in [0.29, 0.717) is 6.54 Å². The van der Waals surface area contributed by atoms with E-state index in [9.17, 15) is 4.48 Å². The van der Waals surface area contributed by atoms with Crippen molar-refractivity contribution in [2.45, 2.75) is 6.54 Å². The SMILES string of the molecule is C=CN(Cc1ccccc1)/N=N\F. The molecule has 0 atom stereocenters. The Kier molecular flexibility index (Phi) is 3.63. The van der Waals surface area contributed by atoms with Gasteiger partial charge in [0.2, 0.25) is 0 Å². The van der Waals surface area contributed by atoms with E-state index in [4.69, 9.17) is 0 Å². The Morgan fingerprint density at radius 3 is 2.62 bits per heavy atom. The summed E-state index contributed by atoms with van der Waals surface area (Å²) in [5.41, 5.74) is 1.02. The van der Waals surface area contributed by atoms with Gasteiger partial charge in [0.15, 0.2) is 0 Å². The van der Waals surface area contributed by atoms with Crippen LogP contribution >= 0.6 is 0 Å². The van der Waals surface area contributed by atoms with Gasteiger partial charge in [-0.2, -0.15) is 0 Å². The molecule has 3 nitrogen and oxygen atoms in total. The molecule has 0 saturated carbocycles. The van der Waals surface area contributed by atoms with Crippen LogP contribution < -0.4 is 0 Å². The molecule has 1 rings (SSSR count). The summed E-state index contributed by atoms with van der Waals surface area (Å²) in [5, 5.41) is 6.71. The van der Waals surface area contributed by atoms with E-state index < -0.39 is 0 Å². The fourth-order valence-electron chi connectivity index (χ4n) is 0.947. The topological polar surface area (TPSA) is 28.0 Å². The molecule has 0 radical (unpaired) electrons. The van der Waals surface area contributed by atoms with Crippen molar-refractivity contribution in [3.8, 4) is 0 Å². The van der Waals surface area contributed by atoms with Crippen molar-refractivity contribution in [1.29, 1.82) is 0 Å². The third-order valence-electron chi connectivity index (χ3n) is 1.55. The number of benzene rings is 1. The van der Waals surface area contributed by atoms with Crippen molar-refractivity contribution < 1.29 is 4.48 Å². The summed E-state index contributed by atoms with van der Waals surface area (Å²) in [6.07, 6.45) is 1.41. The molecule has 68 valence electrons. The van der Waals surface area contributed by atoms with Gasteiger partial charge in [-0.3, -0.25) is 0 Å². The van der Waals surface area contributed by atoms with Crippen LogP contribution in [-0.2, 0) is 6.54 Å². The summed E-state index contributed by atoms with van der Waals surface area (Å²) in [7, 11) is 0. The molecule has 0 N–H and O–H groups in total. The molecular formula is C9H10FN3. The fraction of sp³-hybridized carbons (Fsp3) is 0.111. The van der Waals surface area contributed by atoms with Crippen LogP contribution in [0.5, 0.6) is 0 Å². The van der Waals surface area contributed by atoms with Gasteiger partial charge in [0, 0.05) is 11.5 Å².